The van der Waals surface area contributed by atoms with E-state index in [-0.39, 0.29) is 17.7 Å². The summed E-state index contributed by atoms with van der Waals surface area (Å²) in [5.41, 5.74) is 0.672. The van der Waals surface area contributed by atoms with Crippen molar-refractivity contribution in [3.05, 3.63) is 29.0 Å². The fraction of sp³-hybridized carbons (Fsp3) is 0.600. The van der Waals surface area contributed by atoms with Gasteiger partial charge in [-0.25, -0.2) is 4.39 Å². The molecule has 0 amide bonds. The van der Waals surface area contributed by atoms with Gasteiger partial charge in [0.15, 0.2) is 0 Å². The van der Waals surface area contributed by atoms with E-state index in [4.69, 9.17) is 16.3 Å². The first kappa shape index (κ1) is 17.2. The molecule has 2 N–H and O–H groups in total. The third-order valence-electron chi connectivity index (χ3n) is 2.84. The van der Waals surface area contributed by atoms with E-state index < -0.39 is 11.9 Å². The summed E-state index contributed by atoms with van der Waals surface area (Å²) in [6.07, 6.45) is 0.478. The summed E-state index contributed by atoms with van der Waals surface area (Å²) in [6, 6.07) is 4.36. The maximum Gasteiger partial charge on any atom is 0.141 e. The highest BCUT2D eigenvalue weighted by Gasteiger charge is 2.10. The topological polar surface area (TPSA) is 41.5 Å². The molecule has 0 saturated carbocycles. The van der Waals surface area contributed by atoms with Crippen molar-refractivity contribution in [1.29, 1.82) is 0 Å². The predicted molar refractivity (Wildman–Crippen MR) is 80.8 cm³/mol. The minimum absolute atomic E-state index is 0.0614. The van der Waals surface area contributed by atoms with Crippen LogP contribution in [0.25, 0.3) is 0 Å². The molecule has 5 heteroatoms. The molecule has 0 fully saturated rings. The van der Waals surface area contributed by atoms with Crippen LogP contribution in [0, 0.1) is 11.7 Å². The van der Waals surface area contributed by atoms with Crippen molar-refractivity contribution in [2.45, 2.75) is 39.4 Å². The van der Waals surface area contributed by atoms with Crippen LogP contribution in [0.4, 0.5) is 10.1 Å². The van der Waals surface area contributed by atoms with E-state index in [1.54, 1.807) is 6.07 Å². The van der Waals surface area contributed by atoms with Gasteiger partial charge in [-0.3, -0.25) is 0 Å². The maximum atomic E-state index is 13.0. The third kappa shape index (κ3) is 6.55. The van der Waals surface area contributed by atoms with E-state index in [2.05, 4.69) is 19.2 Å². The lowest BCUT2D eigenvalue weighted by molar-refractivity contribution is -0.00443. The zero-order chi connectivity index (χ0) is 15.1. The molecule has 114 valence electrons. The molecule has 2 unspecified atom stereocenters. The van der Waals surface area contributed by atoms with Gasteiger partial charge in [-0.2, -0.15) is 0 Å². The molecule has 0 radical (unpaired) electrons. The van der Waals surface area contributed by atoms with Gasteiger partial charge in [0.1, 0.15) is 5.82 Å². The number of rotatable bonds is 8. The van der Waals surface area contributed by atoms with Crippen molar-refractivity contribution >= 4 is 17.3 Å². The standard InChI is InChI=1S/C15H23ClFNO2/c1-10(2)6-11(3)20-9-13(19)8-18-12-4-5-15(17)14(16)7-12/h4-5,7,10-11,13,18-19H,6,8-9H2,1-3H3. The molecule has 0 aliphatic rings. The summed E-state index contributed by atoms with van der Waals surface area (Å²) in [5.74, 6) is 0.116. The van der Waals surface area contributed by atoms with Gasteiger partial charge in [0, 0.05) is 12.2 Å². The first-order valence-corrected chi connectivity index (χ1v) is 7.25. The molecule has 1 aromatic carbocycles. The minimum atomic E-state index is -0.617. The number of hydrogen-bond donors (Lipinski definition) is 2. The number of nitrogens with one attached hydrogen (secondary N) is 1. The Morgan fingerprint density at radius 1 is 1.35 bits per heavy atom. The van der Waals surface area contributed by atoms with Crippen molar-refractivity contribution in [1.82, 2.24) is 0 Å². The monoisotopic (exact) mass is 303 g/mol. The quantitative estimate of drug-likeness (QED) is 0.769. The van der Waals surface area contributed by atoms with Crippen LogP contribution in [-0.4, -0.2) is 30.5 Å². The summed E-state index contributed by atoms with van der Waals surface area (Å²) >= 11 is 5.68. The van der Waals surface area contributed by atoms with Gasteiger partial charge < -0.3 is 15.2 Å². The lowest BCUT2D eigenvalue weighted by Crippen LogP contribution is -2.27. The molecule has 0 saturated heterocycles. The number of ether oxygens (including phenoxy) is 1. The summed E-state index contributed by atoms with van der Waals surface area (Å²) in [4.78, 5) is 0. The zero-order valence-electron chi connectivity index (χ0n) is 12.2. The number of hydrogen-bond acceptors (Lipinski definition) is 3. The molecule has 0 heterocycles. The molecular formula is C15H23ClFNO2. The molecule has 0 spiro atoms. The van der Waals surface area contributed by atoms with Crippen LogP contribution in [0.3, 0.4) is 0 Å². The van der Waals surface area contributed by atoms with Crippen LogP contribution in [0.2, 0.25) is 5.02 Å². The lowest BCUT2D eigenvalue weighted by Gasteiger charge is -2.18. The number of halogens is 2. The van der Waals surface area contributed by atoms with E-state index in [0.717, 1.165) is 6.42 Å². The van der Waals surface area contributed by atoms with Gasteiger partial charge in [0.2, 0.25) is 0 Å². The lowest BCUT2D eigenvalue weighted by atomic mass is 10.1. The number of benzene rings is 1. The van der Waals surface area contributed by atoms with Crippen molar-refractivity contribution < 1.29 is 14.2 Å². The van der Waals surface area contributed by atoms with Crippen molar-refractivity contribution in [3.63, 3.8) is 0 Å². The van der Waals surface area contributed by atoms with Gasteiger partial charge in [0.25, 0.3) is 0 Å². The SMILES string of the molecule is CC(C)CC(C)OCC(O)CNc1ccc(F)c(Cl)c1. The Labute approximate surface area is 125 Å². The minimum Gasteiger partial charge on any atom is -0.389 e. The van der Waals surface area contributed by atoms with Crippen LogP contribution in [0.1, 0.15) is 27.2 Å². The smallest absolute Gasteiger partial charge is 0.141 e. The van der Waals surface area contributed by atoms with Crippen LogP contribution in [0.5, 0.6) is 0 Å². The molecule has 2 atom stereocenters. The fourth-order valence-corrected chi connectivity index (χ4v) is 2.09. The Hall–Kier alpha value is -0.840. The normalized spacial score (nSPS) is 14.3. The van der Waals surface area contributed by atoms with Crippen LogP contribution in [-0.2, 0) is 4.74 Å². The van der Waals surface area contributed by atoms with Crippen LogP contribution in [0.15, 0.2) is 18.2 Å². The predicted octanol–water partition coefficient (Wildman–Crippen LogP) is 3.70. The molecule has 0 bridgehead atoms. The van der Waals surface area contributed by atoms with Crippen LogP contribution < -0.4 is 5.32 Å². The Bertz CT molecular complexity index is 415. The van der Waals surface area contributed by atoms with Gasteiger partial charge in [0.05, 0.1) is 23.8 Å². The molecule has 0 aromatic heterocycles. The van der Waals surface area contributed by atoms with Crippen molar-refractivity contribution in [2.24, 2.45) is 5.92 Å². The molecule has 1 aromatic rings. The van der Waals surface area contributed by atoms with Gasteiger partial charge >= 0.3 is 0 Å². The second-order valence-electron chi connectivity index (χ2n) is 5.44. The maximum absolute atomic E-state index is 13.0. The van der Waals surface area contributed by atoms with Gasteiger partial charge in [-0.1, -0.05) is 25.4 Å². The third-order valence-corrected chi connectivity index (χ3v) is 3.13. The summed E-state index contributed by atoms with van der Waals surface area (Å²) in [7, 11) is 0. The van der Waals surface area contributed by atoms with E-state index in [0.29, 0.717) is 18.2 Å². The first-order chi connectivity index (χ1) is 9.38. The highest BCUT2D eigenvalue weighted by molar-refractivity contribution is 6.31. The second-order valence-corrected chi connectivity index (χ2v) is 5.84. The number of aliphatic hydroxyl groups excluding tert-OH is 1. The average Bonchev–Trinajstić information content (AvgIpc) is 2.37. The summed E-state index contributed by atoms with van der Waals surface area (Å²) in [5, 5.41) is 12.9. The van der Waals surface area contributed by atoms with Gasteiger partial charge in [-0.05, 0) is 37.5 Å². The molecule has 0 aliphatic carbocycles. The first-order valence-electron chi connectivity index (χ1n) is 6.87. The second kappa shape index (κ2) is 8.45. The summed E-state index contributed by atoms with van der Waals surface area (Å²) < 4.78 is 18.6. The summed E-state index contributed by atoms with van der Waals surface area (Å²) in [6.45, 7) is 6.87. The van der Waals surface area contributed by atoms with Crippen molar-refractivity contribution in [2.75, 3.05) is 18.5 Å². The fourth-order valence-electron chi connectivity index (χ4n) is 1.91. The van der Waals surface area contributed by atoms with E-state index in [1.165, 1.54) is 12.1 Å². The molecule has 0 aliphatic heterocycles. The highest BCUT2D eigenvalue weighted by atomic mass is 35.5. The Morgan fingerprint density at radius 2 is 2.05 bits per heavy atom. The van der Waals surface area contributed by atoms with E-state index in [9.17, 15) is 9.50 Å². The van der Waals surface area contributed by atoms with E-state index >= 15 is 0 Å². The number of aliphatic hydroxyl groups is 1. The number of anilines is 1. The van der Waals surface area contributed by atoms with Crippen LogP contribution >= 0.6 is 11.6 Å². The molecule has 20 heavy (non-hydrogen) atoms. The van der Waals surface area contributed by atoms with Gasteiger partial charge in [-0.15, -0.1) is 0 Å². The molecule has 3 nitrogen and oxygen atoms in total. The Kier molecular flexibility index (Phi) is 7.27. The highest BCUT2D eigenvalue weighted by Crippen LogP contribution is 2.19. The molecular weight excluding hydrogens is 281 g/mol. The van der Waals surface area contributed by atoms with E-state index in [1.807, 2.05) is 6.92 Å². The Morgan fingerprint density at radius 3 is 2.65 bits per heavy atom. The zero-order valence-corrected chi connectivity index (χ0v) is 13.0. The average molecular weight is 304 g/mol. The van der Waals surface area contributed by atoms with Crippen molar-refractivity contribution in [3.8, 4) is 0 Å². The largest absolute Gasteiger partial charge is 0.389 e. The molecule has 1 rings (SSSR count). The Balaban J connectivity index is 2.28.